The van der Waals surface area contributed by atoms with Crippen molar-refractivity contribution < 1.29 is 9.52 Å². The lowest BCUT2D eigenvalue weighted by Crippen LogP contribution is -2.53. The van der Waals surface area contributed by atoms with Gasteiger partial charge in [-0.1, -0.05) is 26.7 Å². The van der Waals surface area contributed by atoms with E-state index in [9.17, 15) is 5.11 Å². The molecule has 4 aliphatic rings. The average molecular weight is 369 g/mol. The van der Waals surface area contributed by atoms with Gasteiger partial charge in [-0.2, -0.15) is 0 Å². The minimum Gasteiger partial charge on any atom is -0.462 e. The maximum atomic E-state index is 11.3. The Hall–Kier alpha value is -1.02. The molecule has 2 nitrogen and oxygen atoms in total. The topological polar surface area (TPSA) is 33.4 Å². The second kappa shape index (κ2) is 6.24. The molecular formula is C25H36O2. The Bertz CT molecular complexity index is 745. The quantitative estimate of drug-likeness (QED) is 0.624. The normalized spacial score (nSPS) is 48.1. The Balaban J connectivity index is 1.45. The van der Waals surface area contributed by atoms with Crippen LogP contribution in [0.4, 0.5) is 0 Å². The number of aliphatic hydroxyl groups excluding tert-OH is 1. The number of hydrogen-bond donors (Lipinski definition) is 1. The molecule has 7 atom stereocenters. The Morgan fingerprint density at radius 1 is 1.00 bits per heavy atom. The van der Waals surface area contributed by atoms with Crippen molar-refractivity contribution in [2.75, 3.05) is 0 Å². The van der Waals surface area contributed by atoms with E-state index >= 15 is 0 Å². The van der Waals surface area contributed by atoms with Crippen molar-refractivity contribution in [3.05, 3.63) is 29.2 Å². The maximum Gasteiger partial charge on any atom is 0.127 e. The van der Waals surface area contributed by atoms with Crippen LogP contribution in [0.1, 0.15) is 83.2 Å². The second-order valence-corrected chi connectivity index (χ2v) is 10.7. The molecule has 1 N–H and O–H groups in total. The zero-order valence-corrected chi connectivity index (χ0v) is 17.3. The van der Waals surface area contributed by atoms with Gasteiger partial charge in [-0.05, 0) is 105 Å². The Kier molecular flexibility index (Phi) is 4.17. The minimum atomic E-state index is -0.300. The summed E-state index contributed by atoms with van der Waals surface area (Å²) in [5, 5.41) is 11.3. The Labute approximate surface area is 164 Å². The number of aliphatic hydroxyl groups is 1. The van der Waals surface area contributed by atoms with E-state index in [-0.39, 0.29) is 11.5 Å². The summed E-state index contributed by atoms with van der Waals surface area (Å²) >= 11 is 0. The van der Waals surface area contributed by atoms with Gasteiger partial charge in [-0.15, -0.1) is 0 Å². The lowest BCUT2D eigenvalue weighted by atomic mass is 9.45. The van der Waals surface area contributed by atoms with Gasteiger partial charge in [0, 0.05) is 5.41 Å². The summed E-state index contributed by atoms with van der Waals surface area (Å²) in [6.07, 6.45) is 14.0. The molecule has 0 radical (unpaired) electrons. The molecule has 0 saturated heterocycles. The highest BCUT2D eigenvalue weighted by molar-refractivity contribution is 5.51. The van der Waals surface area contributed by atoms with Crippen LogP contribution in [-0.4, -0.2) is 11.2 Å². The predicted octanol–water partition coefficient (Wildman–Crippen LogP) is 6.38. The van der Waals surface area contributed by atoms with Gasteiger partial charge >= 0.3 is 0 Å². The highest BCUT2D eigenvalue weighted by atomic mass is 16.3. The van der Waals surface area contributed by atoms with E-state index in [2.05, 4.69) is 19.9 Å². The largest absolute Gasteiger partial charge is 0.462 e. The first-order valence-corrected chi connectivity index (χ1v) is 11.4. The van der Waals surface area contributed by atoms with E-state index in [0.717, 1.165) is 35.7 Å². The second-order valence-electron chi connectivity index (χ2n) is 10.7. The van der Waals surface area contributed by atoms with Crippen LogP contribution in [0.2, 0.25) is 0 Å². The molecule has 0 spiro atoms. The first-order chi connectivity index (χ1) is 12.9. The predicted molar refractivity (Wildman–Crippen MR) is 109 cm³/mol. The molecule has 4 aliphatic carbocycles. The molecule has 148 valence electrons. The van der Waals surface area contributed by atoms with Crippen molar-refractivity contribution in [1.82, 2.24) is 0 Å². The zero-order valence-electron chi connectivity index (χ0n) is 17.3. The van der Waals surface area contributed by atoms with Gasteiger partial charge in [0.15, 0.2) is 0 Å². The van der Waals surface area contributed by atoms with Gasteiger partial charge in [-0.3, -0.25) is 0 Å². The highest BCUT2D eigenvalue weighted by Crippen LogP contribution is 2.67. The molecule has 0 aliphatic heterocycles. The van der Waals surface area contributed by atoms with E-state index in [4.69, 9.17) is 4.42 Å². The molecule has 27 heavy (non-hydrogen) atoms. The Morgan fingerprint density at radius 3 is 2.63 bits per heavy atom. The fourth-order valence-electron chi connectivity index (χ4n) is 8.01. The molecule has 4 saturated carbocycles. The first kappa shape index (κ1) is 18.0. The van der Waals surface area contributed by atoms with Gasteiger partial charge in [0.2, 0.25) is 0 Å². The average Bonchev–Trinajstić information content (AvgIpc) is 3.16. The number of hydrogen-bond acceptors (Lipinski definition) is 2. The standard InChI is InChI=1S/C25H36O2/c1-16-7-9-19(27-16)14-17-15-22-20-10-8-18-6-4-5-12-24(18,2)21(20)11-13-25(22,3)23(17)26/h7,9,14,18,20-23,26H,4-6,8,10-13,15H2,1-3H3/b17-14+/t18?,20?,21?,22?,23?,24-,25-/m1/s1. The lowest BCUT2D eigenvalue weighted by Gasteiger charge is -2.60. The number of furan rings is 1. The molecule has 0 aromatic carbocycles. The number of aryl methyl sites for hydroxylation is 1. The molecule has 1 heterocycles. The van der Waals surface area contributed by atoms with Gasteiger partial charge in [-0.25, -0.2) is 0 Å². The van der Waals surface area contributed by atoms with Gasteiger partial charge in [0.05, 0.1) is 6.10 Å². The molecular weight excluding hydrogens is 332 g/mol. The van der Waals surface area contributed by atoms with Crippen LogP contribution in [0.15, 0.2) is 22.1 Å². The summed E-state index contributed by atoms with van der Waals surface area (Å²) < 4.78 is 5.79. The fraction of sp³-hybridized carbons (Fsp3) is 0.760. The van der Waals surface area contributed by atoms with Crippen LogP contribution in [0.3, 0.4) is 0 Å². The SMILES string of the molecule is Cc1ccc(/C=C2\CC3C4CCC5CCCC[C@@]5(C)C4CC[C@@]3(C)C2O)o1. The third-order valence-electron chi connectivity index (χ3n) is 9.54. The molecule has 4 fully saturated rings. The third kappa shape index (κ3) is 2.62. The van der Waals surface area contributed by atoms with Crippen LogP contribution in [-0.2, 0) is 0 Å². The zero-order chi connectivity index (χ0) is 18.8. The van der Waals surface area contributed by atoms with E-state index < -0.39 is 0 Å². The highest BCUT2D eigenvalue weighted by Gasteiger charge is 2.60. The van der Waals surface area contributed by atoms with Crippen molar-refractivity contribution in [2.24, 2.45) is 34.5 Å². The number of fused-ring (bicyclic) bond motifs is 5. The third-order valence-corrected chi connectivity index (χ3v) is 9.54. The monoisotopic (exact) mass is 368 g/mol. The molecule has 0 bridgehead atoms. The van der Waals surface area contributed by atoms with Crippen molar-refractivity contribution in [3.8, 4) is 0 Å². The van der Waals surface area contributed by atoms with Crippen molar-refractivity contribution >= 4 is 6.08 Å². The van der Waals surface area contributed by atoms with Gasteiger partial charge in [0.25, 0.3) is 0 Å². The van der Waals surface area contributed by atoms with Crippen molar-refractivity contribution in [3.63, 3.8) is 0 Å². The minimum absolute atomic E-state index is 0.0620. The van der Waals surface area contributed by atoms with E-state index in [1.165, 1.54) is 56.9 Å². The van der Waals surface area contributed by atoms with Crippen LogP contribution in [0.25, 0.3) is 6.08 Å². The molecule has 2 heteroatoms. The van der Waals surface area contributed by atoms with Crippen LogP contribution in [0.5, 0.6) is 0 Å². The van der Waals surface area contributed by atoms with E-state index in [1.807, 2.05) is 19.1 Å². The van der Waals surface area contributed by atoms with Crippen molar-refractivity contribution in [2.45, 2.75) is 84.7 Å². The van der Waals surface area contributed by atoms with Crippen molar-refractivity contribution in [1.29, 1.82) is 0 Å². The van der Waals surface area contributed by atoms with E-state index in [0.29, 0.717) is 11.3 Å². The van der Waals surface area contributed by atoms with Crippen LogP contribution < -0.4 is 0 Å². The summed E-state index contributed by atoms with van der Waals surface area (Å²) in [5.74, 6) is 5.15. The smallest absolute Gasteiger partial charge is 0.127 e. The first-order valence-electron chi connectivity index (χ1n) is 11.4. The molecule has 0 amide bonds. The maximum absolute atomic E-state index is 11.3. The molecule has 5 unspecified atom stereocenters. The lowest BCUT2D eigenvalue weighted by molar-refractivity contribution is -0.119. The Morgan fingerprint density at radius 2 is 1.85 bits per heavy atom. The summed E-state index contributed by atoms with van der Waals surface area (Å²) in [4.78, 5) is 0. The van der Waals surface area contributed by atoms with Crippen LogP contribution >= 0.6 is 0 Å². The van der Waals surface area contributed by atoms with Gasteiger partial charge in [0.1, 0.15) is 11.5 Å². The summed E-state index contributed by atoms with van der Waals surface area (Å²) in [5.41, 5.74) is 1.85. The fourth-order valence-corrected chi connectivity index (χ4v) is 8.01. The molecule has 1 aromatic rings. The molecule has 1 aromatic heterocycles. The van der Waals surface area contributed by atoms with Gasteiger partial charge < -0.3 is 9.52 Å². The van der Waals surface area contributed by atoms with E-state index in [1.54, 1.807) is 0 Å². The number of rotatable bonds is 1. The summed E-state index contributed by atoms with van der Waals surface area (Å²) in [7, 11) is 0. The van der Waals surface area contributed by atoms with Crippen LogP contribution in [0, 0.1) is 41.4 Å². The molecule has 5 rings (SSSR count). The summed E-state index contributed by atoms with van der Waals surface area (Å²) in [6, 6.07) is 4.06. The summed E-state index contributed by atoms with van der Waals surface area (Å²) in [6.45, 7) is 6.99.